The highest BCUT2D eigenvalue weighted by molar-refractivity contribution is 7.09. The molecule has 2 aromatic rings. The lowest BCUT2D eigenvalue weighted by Crippen LogP contribution is -2.22. The van der Waals surface area contributed by atoms with Crippen molar-refractivity contribution in [3.8, 4) is 0 Å². The third kappa shape index (κ3) is 2.74. The van der Waals surface area contributed by atoms with Gasteiger partial charge in [0.05, 0.1) is 0 Å². The SMILES string of the molecule is Cc1c(N)ncnc1N(C)CCc1cccs1. The van der Waals surface area contributed by atoms with Crippen molar-refractivity contribution in [2.45, 2.75) is 13.3 Å². The van der Waals surface area contributed by atoms with Crippen molar-refractivity contribution < 1.29 is 0 Å². The van der Waals surface area contributed by atoms with Crippen molar-refractivity contribution in [1.29, 1.82) is 0 Å². The minimum atomic E-state index is 0.554. The summed E-state index contributed by atoms with van der Waals surface area (Å²) in [5, 5.41) is 2.10. The third-order valence-electron chi connectivity index (χ3n) is 2.73. The highest BCUT2D eigenvalue weighted by Crippen LogP contribution is 2.19. The first-order valence-corrected chi connectivity index (χ1v) is 6.37. The van der Waals surface area contributed by atoms with Gasteiger partial charge in [0.2, 0.25) is 0 Å². The van der Waals surface area contributed by atoms with Crippen LogP contribution in [0, 0.1) is 6.92 Å². The van der Waals surface area contributed by atoms with Crippen LogP contribution >= 0.6 is 11.3 Å². The Hall–Kier alpha value is -1.62. The molecule has 0 saturated carbocycles. The largest absolute Gasteiger partial charge is 0.383 e. The third-order valence-corrected chi connectivity index (χ3v) is 3.67. The molecule has 0 aliphatic heterocycles. The zero-order valence-electron chi connectivity index (χ0n) is 10.1. The van der Waals surface area contributed by atoms with E-state index >= 15 is 0 Å². The summed E-state index contributed by atoms with van der Waals surface area (Å²) in [5.74, 6) is 1.46. The predicted octanol–water partition coefficient (Wildman–Crippen LogP) is 2.11. The maximum Gasteiger partial charge on any atom is 0.136 e. The Morgan fingerprint density at radius 3 is 2.94 bits per heavy atom. The fourth-order valence-corrected chi connectivity index (χ4v) is 2.38. The Balaban J connectivity index is 2.04. The summed E-state index contributed by atoms with van der Waals surface area (Å²) >= 11 is 1.78. The molecule has 90 valence electrons. The summed E-state index contributed by atoms with van der Waals surface area (Å²) in [6, 6.07) is 4.23. The fourth-order valence-electron chi connectivity index (χ4n) is 1.68. The second-order valence-corrected chi connectivity index (χ2v) is 4.99. The average Bonchev–Trinajstić information content (AvgIpc) is 2.82. The van der Waals surface area contributed by atoms with Crippen LogP contribution in [0.25, 0.3) is 0 Å². The Kier molecular flexibility index (Phi) is 3.58. The van der Waals surface area contributed by atoms with E-state index in [4.69, 9.17) is 5.73 Å². The standard InChI is InChI=1S/C12H16N4S/c1-9-11(13)14-8-15-12(9)16(2)6-5-10-4-3-7-17-10/h3-4,7-8H,5-6H2,1-2H3,(H2,13,14,15). The molecule has 2 N–H and O–H groups in total. The van der Waals surface area contributed by atoms with Crippen LogP contribution in [0.15, 0.2) is 23.8 Å². The molecular weight excluding hydrogens is 232 g/mol. The van der Waals surface area contributed by atoms with E-state index in [1.54, 1.807) is 11.3 Å². The molecule has 0 aliphatic carbocycles. The number of hydrogen-bond donors (Lipinski definition) is 1. The van der Waals surface area contributed by atoms with Gasteiger partial charge in [-0.2, -0.15) is 0 Å². The summed E-state index contributed by atoms with van der Waals surface area (Å²) in [6.45, 7) is 2.88. The van der Waals surface area contributed by atoms with Gasteiger partial charge in [0.1, 0.15) is 18.0 Å². The van der Waals surface area contributed by atoms with Crippen LogP contribution in [0.4, 0.5) is 11.6 Å². The average molecular weight is 248 g/mol. The van der Waals surface area contributed by atoms with Crippen LogP contribution in [-0.4, -0.2) is 23.6 Å². The first kappa shape index (κ1) is 11.9. The van der Waals surface area contributed by atoms with E-state index < -0.39 is 0 Å². The number of anilines is 2. The van der Waals surface area contributed by atoms with Crippen LogP contribution in [0.3, 0.4) is 0 Å². The molecule has 0 aromatic carbocycles. The summed E-state index contributed by atoms with van der Waals surface area (Å²) in [4.78, 5) is 11.8. The molecule has 0 amide bonds. The van der Waals surface area contributed by atoms with Gasteiger partial charge in [0.25, 0.3) is 0 Å². The van der Waals surface area contributed by atoms with Crippen LogP contribution < -0.4 is 10.6 Å². The molecule has 0 saturated heterocycles. The Morgan fingerprint density at radius 2 is 2.24 bits per heavy atom. The highest BCUT2D eigenvalue weighted by Gasteiger charge is 2.09. The zero-order chi connectivity index (χ0) is 12.3. The molecule has 0 bridgehead atoms. The van der Waals surface area contributed by atoms with Crippen LogP contribution in [0.1, 0.15) is 10.4 Å². The van der Waals surface area contributed by atoms with E-state index in [0.717, 1.165) is 24.3 Å². The maximum absolute atomic E-state index is 5.77. The second kappa shape index (κ2) is 5.14. The van der Waals surface area contributed by atoms with Gasteiger partial charge in [-0.1, -0.05) is 6.07 Å². The predicted molar refractivity (Wildman–Crippen MR) is 72.5 cm³/mol. The number of nitrogens with two attached hydrogens (primary N) is 1. The second-order valence-electron chi connectivity index (χ2n) is 3.96. The van der Waals surface area contributed by atoms with Gasteiger partial charge in [-0.3, -0.25) is 0 Å². The van der Waals surface area contributed by atoms with Crippen LogP contribution in [-0.2, 0) is 6.42 Å². The molecular formula is C12H16N4S. The lowest BCUT2D eigenvalue weighted by molar-refractivity contribution is 0.859. The lowest BCUT2D eigenvalue weighted by Gasteiger charge is -2.19. The first-order valence-electron chi connectivity index (χ1n) is 5.49. The van der Waals surface area contributed by atoms with Crippen molar-refractivity contribution in [3.05, 3.63) is 34.3 Å². The molecule has 4 nitrogen and oxygen atoms in total. The quantitative estimate of drug-likeness (QED) is 0.900. The lowest BCUT2D eigenvalue weighted by atomic mass is 10.2. The number of thiophene rings is 1. The van der Waals surface area contributed by atoms with Crippen LogP contribution in [0.2, 0.25) is 0 Å². The summed E-state index contributed by atoms with van der Waals surface area (Å²) < 4.78 is 0. The summed E-state index contributed by atoms with van der Waals surface area (Å²) in [5.41, 5.74) is 6.72. The molecule has 0 atom stereocenters. The molecule has 0 radical (unpaired) electrons. The maximum atomic E-state index is 5.77. The minimum Gasteiger partial charge on any atom is -0.383 e. The van der Waals surface area contributed by atoms with Crippen molar-refractivity contribution in [1.82, 2.24) is 9.97 Å². The molecule has 17 heavy (non-hydrogen) atoms. The summed E-state index contributed by atoms with van der Waals surface area (Å²) in [7, 11) is 2.03. The summed E-state index contributed by atoms with van der Waals surface area (Å²) in [6.07, 6.45) is 2.54. The van der Waals surface area contributed by atoms with E-state index in [0.29, 0.717) is 5.82 Å². The number of likely N-dealkylation sites (N-methyl/N-ethyl adjacent to an activating group) is 1. The van der Waals surface area contributed by atoms with E-state index in [1.165, 1.54) is 11.2 Å². The van der Waals surface area contributed by atoms with E-state index in [2.05, 4.69) is 32.4 Å². The van der Waals surface area contributed by atoms with Gasteiger partial charge in [-0.25, -0.2) is 9.97 Å². The first-order chi connectivity index (χ1) is 8.18. The molecule has 0 aliphatic rings. The molecule has 2 aromatic heterocycles. The Morgan fingerprint density at radius 1 is 1.41 bits per heavy atom. The Bertz CT molecular complexity index is 481. The van der Waals surface area contributed by atoms with Gasteiger partial charge < -0.3 is 10.6 Å². The Labute approximate surface area is 105 Å². The van der Waals surface area contributed by atoms with Gasteiger partial charge in [-0.15, -0.1) is 11.3 Å². The molecule has 2 rings (SSSR count). The smallest absolute Gasteiger partial charge is 0.136 e. The van der Waals surface area contributed by atoms with Crippen molar-refractivity contribution >= 4 is 23.0 Å². The molecule has 2 heterocycles. The normalized spacial score (nSPS) is 10.5. The number of hydrogen-bond acceptors (Lipinski definition) is 5. The van der Waals surface area contributed by atoms with Crippen molar-refractivity contribution in [2.75, 3.05) is 24.2 Å². The van der Waals surface area contributed by atoms with Crippen molar-refractivity contribution in [3.63, 3.8) is 0 Å². The number of nitrogens with zero attached hydrogens (tertiary/aromatic N) is 3. The van der Waals surface area contributed by atoms with Gasteiger partial charge >= 0.3 is 0 Å². The van der Waals surface area contributed by atoms with E-state index in [-0.39, 0.29) is 0 Å². The zero-order valence-corrected chi connectivity index (χ0v) is 10.9. The van der Waals surface area contributed by atoms with E-state index in [9.17, 15) is 0 Å². The molecule has 0 spiro atoms. The number of nitrogen functional groups attached to an aromatic ring is 1. The van der Waals surface area contributed by atoms with Gasteiger partial charge in [0, 0.05) is 24.0 Å². The van der Waals surface area contributed by atoms with Gasteiger partial charge in [-0.05, 0) is 24.8 Å². The minimum absolute atomic E-state index is 0.554. The monoisotopic (exact) mass is 248 g/mol. The number of aromatic nitrogens is 2. The van der Waals surface area contributed by atoms with Crippen LogP contribution in [0.5, 0.6) is 0 Å². The van der Waals surface area contributed by atoms with E-state index in [1.807, 2.05) is 14.0 Å². The van der Waals surface area contributed by atoms with Gasteiger partial charge in [0.15, 0.2) is 0 Å². The van der Waals surface area contributed by atoms with Crippen molar-refractivity contribution in [2.24, 2.45) is 0 Å². The molecule has 5 heteroatoms. The fraction of sp³-hybridized carbons (Fsp3) is 0.333. The molecule has 0 unspecified atom stereocenters. The highest BCUT2D eigenvalue weighted by atomic mass is 32.1. The number of rotatable bonds is 4. The topological polar surface area (TPSA) is 55.0 Å². The molecule has 0 fully saturated rings.